The first-order valence-corrected chi connectivity index (χ1v) is 5.46. The Bertz CT molecular complexity index is 502. The average Bonchev–Trinajstić information content (AvgIpc) is 2.50. The van der Waals surface area contributed by atoms with Gasteiger partial charge in [0.05, 0.1) is 12.4 Å². The summed E-state index contributed by atoms with van der Waals surface area (Å²) < 4.78 is 0. The number of rotatable bonds is 0. The molecule has 2 aliphatic rings. The van der Waals surface area contributed by atoms with Gasteiger partial charge in [-0.2, -0.15) is 0 Å². The molecule has 1 N–H and O–H groups in total. The van der Waals surface area contributed by atoms with Crippen LogP contribution in [0.1, 0.15) is 17.5 Å². The molecule has 0 radical (unpaired) electrons. The summed E-state index contributed by atoms with van der Waals surface area (Å²) in [4.78, 5) is 16.0. The quantitative estimate of drug-likeness (QED) is 0.696. The molecule has 1 aromatic carbocycles. The van der Waals surface area contributed by atoms with Gasteiger partial charge in [-0.15, -0.1) is 0 Å². The Labute approximate surface area is 93.9 Å². The van der Waals surface area contributed by atoms with Crippen molar-refractivity contribution in [2.45, 2.75) is 18.9 Å². The second-order valence-corrected chi connectivity index (χ2v) is 4.10. The monoisotopic (exact) mass is 212 g/mol. The second kappa shape index (κ2) is 3.59. The number of carbonyl (C=O) groups excluding carboxylic acids is 1. The molecule has 3 heteroatoms. The third-order valence-electron chi connectivity index (χ3n) is 3.12. The van der Waals surface area contributed by atoms with Crippen LogP contribution in [-0.4, -0.2) is 18.3 Å². The summed E-state index contributed by atoms with van der Waals surface area (Å²) in [5.41, 5.74) is 3.23. The summed E-state index contributed by atoms with van der Waals surface area (Å²) in [7, 11) is 0. The van der Waals surface area contributed by atoms with Crippen LogP contribution in [0.2, 0.25) is 0 Å². The molecule has 0 saturated carbocycles. The number of hydrogen-bond acceptors (Lipinski definition) is 2. The van der Waals surface area contributed by atoms with E-state index in [1.807, 2.05) is 18.2 Å². The highest BCUT2D eigenvalue weighted by atomic mass is 16.1. The van der Waals surface area contributed by atoms with E-state index in [4.69, 9.17) is 0 Å². The third kappa shape index (κ3) is 1.45. The molecule has 1 heterocycles. The van der Waals surface area contributed by atoms with Gasteiger partial charge in [-0.1, -0.05) is 24.3 Å². The van der Waals surface area contributed by atoms with E-state index in [0.717, 1.165) is 24.0 Å². The molecule has 0 fully saturated rings. The number of fused-ring (bicyclic) bond motifs is 2. The topological polar surface area (TPSA) is 41.5 Å². The highest BCUT2D eigenvalue weighted by molar-refractivity contribution is 6.06. The minimum atomic E-state index is -0.0169. The van der Waals surface area contributed by atoms with Crippen LogP contribution in [0.25, 0.3) is 6.08 Å². The standard InChI is InChI=1S/C13H12N2O/c16-13-11-7-10-4-2-1-3-9(10)5-6-12(11)14-8-15-13/h1-4,7-8,12H,5-6H2,(H,14,15,16). The van der Waals surface area contributed by atoms with Gasteiger partial charge in [0.15, 0.2) is 0 Å². The third-order valence-corrected chi connectivity index (χ3v) is 3.12. The molecule has 1 aromatic rings. The number of hydrogen-bond donors (Lipinski definition) is 1. The summed E-state index contributed by atoms with van der Waals surface area (Å²) in [6.07, 6.45) is 5.37. The van der Waals surface area contributed by atoms with E-state index in [1.165, 1.54) is 11.9 Å². The predicted molar refractivity (Wildman–Crippen MR) is 63.2 cm³/mol. The van der Waals surface area contributed by atoms with E-state index < -0.39 is 0 Å². The van der Waals surface area contributed by atoms with E-state index in [-0.39, 0.29) is 11.9 Å². The van der Waals surface area contributed by atoms with Gasteiger partial charge in [0.25, 0.3) is 5.91 Å². The van der Waals surface area contributed by atoms with E-state index in [2.05, 4.69) is 22.4 Å². The van der Waals surface area contributed by atoms with Gasteiger partial charge in [-0.05, 0) is 30.0 Å². The molecule has 80 valence electrons. The number of benzene rings is 1. The van der Waals surface area contributed by atoms with Gasteiger partial charge in [0, 0.05) is 5.57 Å². The fourth-order valence-corrected chi connectivity index (χ4v) is 2.26. The Kier molecular flexibility index (Phi) is 2.10. The first-order valence-electron chi connectivity index (χ1n) is 5.46. The van der Waals surface area contributed by atoms with Gasteiger partial charge in [-0.25, -0.2) is 0 Å². The van der Waals surface area contributed by atoms with Crippen LogP contribution in [0.15, 0.2) is 34.8 Å². The lowest BCUT2D eigenvalue weighted by molar-refractivity contribution is -0.116. The van der Waals surface area contributed by atoms with Crippen molar-refractivity contribution in [3.8, 4) is 0 Å². The van der Waals surface area contributed by atoms with Crippen LogP contribution in [0, 0.1) is 0 Å². The number of nitrogens with one attached hydrogen (secondary N) is 1. The van der Waals surface area contributed by atoms with E-state index in [9.17, 15) is 4.79 Å². The average molecular weight is 212 g/mol. The lowest BCUT2D eigenvalue weighted by atomic mass is 10.0. The van der Waals surface area contributed by atoms with Crippen molar-refractivity contribution in [1.29, 1.82) is 0 Å². The molecule has 1 atom stereocenters. The largest absolute Gasteiger partial charge is 0.313 e. The molecule has 0 bridgehead atoms. The Morgan fingerprint density at radius 3 is 3.12 bits per heavy atom. The molecule has 1 unspecified atom stereocenters. The number of amides is 1. The van der Waals surface area contributed by atoms with Gasteiger partial charge < -0.3 is 5.32 Å². The van der Waals surface area contributed by atoms with Crippen molar-refractivity contribution in [3.63, 3.8) is 0 Å². The minimum absolute atomic E-state index is 0.0169. The molecule has 3 rings (SSSR count). The van der Waals surface area contributed by atoms with Gasteiger partial charge >= 0.3 is 0 Å². The van der Waals surface area contributed by atoms with Crippen molar-refractivity contribution in [2.75, 3.05) is 0 Å². The first kappa shape index (κ1) is 9.33. The zero-order valence-electron chi connectivity index (χ0n) is 8.81. The van der Waals surface area contributed by atoms with Crippen LogP contribution < -0.4 is 5.32 Å². The number of aryl methyl sites for hydroxylation is 1. The molecule has 0 aromatic heterocycles. The highest BCUT2D eigenvalue weighted by Crippen LogP contribution is 2.26. The van der Waals surface area contributed by atoms with Crippen molar-refractivity contribution < 1.29 is 4.79 Å². The van der Waals surface area contributed by atoms with Crippen LogP contribution in [0.5, 0.6) is 0 Å². The number of aliphatic imine (C=N–C) groups is 1. The van der Waals surface area contributed by atoms with E-state index in [0.29, 0.717) is 0 Å². The Morgan fingerprint density at radius 2 is 2.19 bits per heavy atom. The van der Waals surface area contributed by atoms with Crippen LogP contribution in [0.3, 0.4) is 0 Å². The van der Waals surface area contributed by atoms with Crippen LogP contribution in [-0.2, 0) is 11.2 Å². The summed E-state index contributed by atoms with van der Waals surface area (Å²) >= 11 is 0. The van der Waals surface area contributed by atoms with Crippen molar-refractivity contribution in [2.24, 2.45) is 4.99 Å². The van der Waals surface area contributed by atoms with Crippen LogP contribution >= 0.6 is 0 Å². The molecular formula is C13H12N2O. The van der Waals surface area contributed by atoms with Crippen molar-refractivity contribution >= 4 is 18.3 Å². The summed E-state index contributed by atoms with van der Waals surface area (Å²) in [6, 6.07) is 8.23. The van der Waals surface area contributed by atoms with Gasteiger partial charge in [-0.3, -0.25) is 9.79 Å². The van der Waals surface area contributed by atoms with Crippen molar-refractivity contribution in [3.05, 3.63) is 41.0 Å². The maximum atomic E-state index is 11.7. The summed E-state index contributed by atoms with van der Waals surface area (Å²) in [6.45, 7) is 0. The second-order valence-electron chi connectivity index (χ2n) is 4.10. The van der Waals surface area contributed by atoms with Crippen LogP contribution in [0.4, 0.5) is 0 Å². The Balaban J connectivity index is 2.11. The predicted octanol–water partition coefficient (Wildman–Crippen LogP) is 1.54. The molecule has 1 aliphatic carbocycles. The van der Waals surface area contributed by atoms with E-state index in [1.54, 1.807) is 0 Å². The summed E-state index contributed by atoms with van der Waals surface area (Å²) in [5, 5.41) is 2.64. The zero-order valence-corrected chi connectivity index (χ0v) is 8.81. The smallest absolute Gasteiger partial charge is 0.254 e. The number of carbonyl (C=O) groups is 1. The van der Waals surface area contributed by atoms with Gasteiger partial charge in [0.1, 0.15) is 0 Å². The molecular weight excluding hydrogens is 200 g/mol. The highest BCUT2D eigenvalue weighted by Gasteiger charge is 2.25. The number of nitrogens with zero attached hydrogens (tertiary/aromatic N) is 1. The zero-order chi connectivity index (χ0) is 11.0. The lowest BCUT2D eigenvalue weighted by Gasteiger charge is -2.17. The Hall–Kier alpha value is -1.90. The SMILES string of the molecule is O=C1NC=NC2CCc3ccccc3C=C12. The normalized spacial score (nSPS) is 22.6. The fourth-order valence-electron chi connectivity index (χ4n) is 2.26. The first-order chi connectivity index (χ1) is 7.84. The molecule has 16 heavy (non-hydrogen) atoms. The minimum Gasteiger partial charge on any atom is -0.313 e. The molecule has 3 nitrogen and oxygen atoms in total. The van der Waals surface area contributed by atoms with Crippen molar-refractivity contribution in [1.82, 2.24) is 5.32 Å². The molecule has 0 spiro atoms. The maximum Gasteiger partial charge on any atom is 0.254 e. The van der Waals surface area contributed by atoms with Gasteiger partial charge in [0.2, 0.25) is 0 Å². The lowest BCUT2D eigenvalue weighted by Crippen LogP contribution is -2.33. The molecule has 0 saturated heterocycles. The van der Waals surface area contributed by atoms with E-state index >= 15 is 0 Å². The summed E-state index contributed by atoms with van der Waals surface area (Å²) in [5.74, 6) is -0.0169. The fraction of sp³-hybridized carbons (Fsp3) is 0.231. The Morgan fingerprint density at radius 1 is 1.31 bits per heavy atom. The maximum absolute atomic E-state index is 11.7. The molecule has 1 amide bonds. The molecule has 1 aliphatic heterocycles.